The molecule has 2 aromatic rings. The van der Waals surface area contributed by atoms with Gasteiger partial charge in [-0.3, -0.25) is 4.79 Å². The van der Waals surface area contributed by atoms with Crippen LogP contribution in [0.3, 0.4) is 0 Å². The van der Waals surface area contributed by atoms with Gasteiger partial charge in [-0.2, -0.15) is 0 Å². The zero-order chi connectivity index (χ0) is 17.5. The number of hydrogen-bond acceptors (Lipinski definition) is 3. The van der Waals surface area contributed by atoms with E-state index in [0.29, 0.717) is 23.6 Å². The molecule has 0 fully saturated rings. The van der Waals surface area contributed by atoms with Crippen LogP contribution in [0, 0.1) is 0 Å². The summed E-state index contributed by atoms with van der Waals surface area (Å²) < 4.78 is 4.94. The fourth-order valence-electron chi connectivity index (χ4n) is 2.10. The normalized spacial score (nSPS) is 10.3. The highest BCUT2D eigenvalue weighted by Gasteiger charge is 2.13. The largest absolute Gasteiger partial charge is 0.462 e. The lowest BCUT2D eigenvalue weighted by Gasteiger charge is -2.09. The van der Waals surface area contributed by atoms with E-state index >= 15 is 0 Å². The fraction of sp³-hybridized carbons (Fsp3) is 0.222. The van der Waals surface area contributed by atoms with Crippen LogP contribution in [0.5, 0.6) is 0 Å². The second kappa shape index (κ2) is 8.71. The molecule has 0 spiro atoms. The van der Waals surface area contributed by atoms with E-state index in [1.54, 1.807) is 31.2 Å². The van der Waals surface area contributed by atoms with Gasteiger partial charge in [-0.25, -0.2) is 4.79 Å². The molecule has 6 heteroatoms. The highest BCUT2D eigenvalue weighted by atomic mass is 35.5. The Bertz CT molecular complexity index is 730. The second-order valence-corrected chi connectivity index (χ2v) is 5.93. The van der Waals surface area contributed by atoms with Crippen LogP contribution in [-0.4, -0.2) is 18.5 Å². The Morgan fingerprint density at radius 2 is 1.79 bits per heavy atom. The first kappa shape index (κ1) is 18.3. The van der Waals surface area contributed by atoms with Gasteiger partial charge < -0.3 is 10.1 Å². The van der Waals surface area contributed by atoms with Crippen LogP contribution in [0.15, 0.2) is 42.5 Å². The maximum absolute atomic E-state index is 12.1. The Labute approximate surface area is 150 Å². The quantitative estimate of drug-likeness (QED) is 0.752. The number of ether oxygens (including phenoxy) is 1. The number of benzene rings is 2. The Kier molecular flexibility index (Phi) is 6.64. The van der Waals surface area contributed by atoms with Crippen molar-refractivity contribution in [2.45, 2.75) is 19.8 Å². The van der Waals surface area contributed by atoms with Crippen LogP contribution in [0.2, 0.25) is 10.0 Å². The van der Waals surface area contributed by atoms with E-state index in [2.05, 4.69) is 5.32 Å². The van der Waals surface area contributed by atoms with Crippen LogP contribution < -0.4 is 5.32 Å². The van der Waals surface area contributed by atoms with Gasteiger partial charge in [0.15, 0.2) is 0 Å². The molecule has 2 aromatic carbocycles. The van der Waals surface area contributed by atoms with Gasteiger partial charge in [0.1, 0.15) is 0 Å². The highest BCUT2D eigenvalue weighted by molar-refractivity contribution is 6.33. The maximum Gasteiger partial charge on any atom is 0.339 e. The number of esters is 1. The maximum atomic E-state index is 12.1. The summed E-state index contributed by atoms with van der Waals surface area (Å²) in [5.41, 5.74) is 1.76. The Morgan fingerprint density at radius 3 is 2.46 bits per heavy atom. The van der Waals surface area contributed by atoms with Crippen molar-refractivity contribution in [2.75, 3.05) is 11.9 Å². The molecule has 4 nitrogen and oxygen atoms in total. The minimum atomic E-state index is -0.514. The van der Waals surface area contributed by atoms with E-state index in [9.17, 15) is 9.59 Å². The number of carbonyl (C=O) groups is 2. The van der Waals surface area contributed by atoms with Gasteiger partial charge in [-0.15, -0.1) is 0 Å². The highest BCUT2D eigenvalue weighted by Crippen LogP contribution is 2.22. The number of amides is 1. The third kappa shape index (κ3) is 5.25. The lowest BCUT2D eigenvalue weighted by atomic mass is 10.1. The summed E-state index contributed by atoms with van der Waals surface area (Å²) in [6.45, 7) is 1.97. The van der Waals surface area contributed by atoms with Gasteiger partial charge >= 0.3 is 5.97 Å². The van der Waals surface area contributed by atoms with Crippen molar-refractivity contribution in [3.63, 3.8) is 0 Å². The number of aryl methyl sites for hydroxylation is 1. The monoisotopic (exact) mass is 365 g/mol. The summed E-state index contributed by atoms with van der Waals surface area (Å²) in [4.78, 5) is 23.9. The predicted molar refractivity (Wildman–Crippen MR) is 95.8 cm³/mol. The zero-order valence-corrected chi connectivity index (χ0v) is 14.7. The van der Waals surface area contributed by atoms with E-state index in [0.717, 1.165) is 5.56 Å². The molecule has 2 rings (SSSR count). The lowest BCUT2D eigenvalue weighted by molar-refractivity contribution is -0.116. The molecular formula is C18H17Cl2NO3. The molecule has 0 saturated heterocycles. The van der Waals surface area contributed by atoms with Gasteiger partial charge in [0.2, 0.25) is 5.91 Å². The molecule has 0 heterocycles. The molecule has 0 bridgehead atoms. The summed E-state index contributed by atoms with van der Waals surface area (Å²) in [5.74, 6) is -0.665. The standard InChI is InChI=1S/C18H17Cl2NO3/c1-2-24-18(23)15-11-14(8-9-16(15)20)21-17(22)10-5-12-3-6-13(19)7-4-12/h3-4,6-9,11H,2,5,10H2,1H3,(H,21,22). The first-order valence-corrected chi connectivity index (χ1v) is 8.26. The van der Waals surface area contributed by atoms with Crippen LogP contribution in [0.1, 0.15) is 29.3 Å². The topological polar surface area (TPSA) is 55.4 Å². The van der Waals surface area contributed by atoms with Crippen molar-refractivity contribution < 1.29 is 14.3 Å². The smallest absolute Gasteiger partial charge is 0.339 e. The molecule has 1 N–H and O–H groups in total. The van der Waals surface area contributed by atoms with Crippen molar-refractivity contribution >= 4 is 40.8 Å². The van der Waals surface area contributed by atoms with Crippen molar-refractivity contribution in [1.29, 1.82) is 0 Å². The summed E-state index contributed by atoms with van der Waals surface area (Å²) >= 11 is 11.8. The molecule has 126 valence electrons. The Balaban J connectivity index is 1.97. The summed E-state index contributed by atoms with van der Waals surface area (Å²) in [6, 6.07) is 12.1. The number of nitrogens with one attached hydrogen (secondary N) is 1. The zero-order valence-electron chi connectivity index (χ0n) is 13.1. The van der Waals surface area contributed by atoms with Crippen molar-refractivity contribution in [3.05, 3.63) is 63.6 Å². The molecule has 0 atom stereocenters. The number of anilines is 1. The van der Waals surface area contributed by atoms with Crippen molar-refractivity contribution in [1.82, 2.24) is 0 Å². The van der Waals surface area contributed by atoms with Crippen molar-refractivity contribution in [2.24, 2.45) is 0 Å². The third-order valence-corrected chi connectivity index (χ3v) is 3.88. The molecule has 0 aliphatic carbocycles. The third-order valence-electron chi connectivity index (χ3n) is 3.30. The van der Waals surface area contributed by atoms with Gasteiger partial charge in [-0.1, -0.05) is 35.3 Å². The summed E-state index contributed by atoms with van der Waals surface area (Å²) in [5, 5.41) is 3.70. The van der Waals surface area contributed by atoms with Gasteiger partial charge in [-0.05, 0) is 49.2 Å². The van der Waals surface area contributed by atoms with Crippen LogP contribution in [-0.2, 0) is 16.0 Å². The molecule has 0 aliphatic heterocycles. The lowest BCUT2D eigenvalue weighted by Crippen LogP contribution is -2.13. The number of halogens is 2. The summed E-state index contributed by atoms with van der Waals surface area (Å²) in [6.07, 6.45) is 0.917. The van der Waals surface area contributed by atoms with Crippen LogP contribution >= 0.6 is 23.2 Å². The van der Waals surface area contributed by atoms with Gasteiger partial charge in [0, 0.05) is 17.1 Å². The van der Waals surface area contributed by atoms with Crippen LogP contribution in [0.25, 0.3) is 0 Å². The Hall–Kier alpha value is -2.04. The molecule has 0 aromatic heterocycles. The molecule has 0 saturated carbocycles. The average molecular weight is 366 g/mol. The fourth-order valence-corrected chi connectivity index (χ4v) is 2.42. The average Bonchev–Trinajstić information content (AvgIpc) is 2.56. The minimum absolute atomic E-state index is 0.151. The number of hydrogen-bond donors (Lipinski definition) is 1. The van der Waals surface area contributed by atoms with E-state index in [-0.39, 0.29) is 23.1 Å². The Morgan fingerprint density at radius 1 is 1.08 bits per heavy atom. The molecule has 0 radical (unpaired) electrons. The van der Waals surface area contributed by atoms with E-state index < -0.39 is 5.97 Å². The van der Waals surface area contributed by atoms with Gasteiger partial charge in [0.25, 0.3) is 0 Å². The van der Waals surface area contributed by atoms with Gasteiger partial charge in [0.05, 0.1) is 17.2 Å². The first-order valence-electron chi connectivity index (χ1n) is 7.50. The van der Waals surface area contributed by atoms with Crippen LogP contribution in [0.4, 0.5) is 5.69 Å². The second-order valence-electron chi connectivity index (χ2n) is 5.09. The molecule has 0 aliphatic rings. The summed E-state index contributed by atoms with van der Waals surface area (Å²) in [7, 11) is 0. The SMILES string of the molecule is CCOC(=O)c1cc(NC(=O)CCc2ccc(Cl)cc2)ccc1Cl. The van der Waals surface area contributed by atoms with E-state index in [1.807, 2.05) is 12.1 Å². The van der Waals surface area contributed by atoms with E-state index in [1.165, 1.54) is 6.07 Å². The predicted octanol–water partition coefficient (Wildman–Crippen LogP) is 4.74. The molecular weight excluding hydrogens is 349 g/mol. The number of carbonyl (C=O) groups excluding carboxylic acids is 2. The molecule has 1 amide bonds. The molecule has 0 unspecified atom stereocenters. The minimum Gasteiger partial charge on any atom is -0.462 e. The van der Waals surface area contributed by atoms with Crippen molar-refractivity contribution in [3.8, 4) is 0 Å². The van der Waals surface area contributed by atoms with E-state index in [4.69, 9.17) is 27.9 Å². The molecule has 24 heavy (non-hydrogen) atoms. The number of rotatable bonds is 6. The first-order chi connectivity index (χ1) is 11.5.